The standard InChI is InChI=1S/C25H25ClFN5O3/c1-13-7-16(19-10-28-19)23-29-20(12-32(23)11-13)24-30-22(31-35-24)15-9-18(27)14(8-17(15)26)5-6-21(33)34-25(2,3)4/h7-9,11-12,19,28H,5-6,10H2,1-4H3. The predicted molar refractivity (Wildman–Crippen MR) is 129 cm³/mol. The van der Waals surface area contributed by atoms with Crippen LogP contribution in [-0.4, -0.2) is 37.6 Å². The fourth-order valence-electron chi connectivity index (χ4n) is 3.93. The average molecular weight is 498 g/mol. The first kappa shape index (κ1) is 23.4. The Balaban J connectivity index is 1.38. The number of nitrogens with one attached hydrogen (secondary N) is 1. The molecule has 1 aliphatic heterocycles. The molecule has 182 valence electrons. The SMILES string of the molecule is Cc1cc(C2CN2)c2nc(-c3nc(-c4cc(F)c(CCC(=O)OC(C)(C)C)cc4Cl)no3)cn2c1. The Morgan fingerprint density at radius 3 is 2.77 bits per heavy atom. The van der Waals surface area contributed by atoms with Crippen LogP contribution in [0.3, 0.4) is 0 Å². The minimum Gasteiger partial charge on any atom is -0.460 e. The maximum absolute atomic E-state index is 14.8. The van der Waals surface area contributed by atoms with Crippen LogP contribution in [0, 0.1) is 12.7 Å². The number of fused-ring (bicyclic) bond motifs is 1. The summed E-state index contributed by atoms with van der Waals surface area (Å²) >= 11 is 6.43. The second-order valence-corrected chi connectivity index (χ2v) is 10.1. The minimum absolute atomic E-state index is 0.0436. The number of ether oxygens (including phenoxy) is 1. The molecule has 0 aliphatic carbocycles. The van der Waals surface area contributed by atoms with Gasteiger partial charge in [0.2, 0.25) is 5.82 Å². The molecule has 0 spiro atoms. The van der Waals surface area contributed by atoms with Gasteiger partial charge in [-0.3, -0.25) is 4.79 Å². The number of carbonyl (C=O) groups excluding carboxylic acids is 1. The Bertz CT molecular complexity index is 1440. The third-order valence-electron chi connectivity index (χ3n) is 5.54. The van der Waals surface area contributed by atoms with E-state index in [0.717, 1.165) is 23.3 Å². The van der Waals surface area contributed by atoms with Gasteiger partial charge < -0.3 is 19.0 Å². The number of halogens is 2. The molecular weight excluding hydrogens is 473 g/mol. The molecule has 1 N–H and O–H groups in total. The van der Waals surface area contributed by atoms with Gasteiger partial charge in [-0.1, -0.05) is 16.8 Å². The number of hydrogen-bond donors (Lipinski definition) is 1. The highest BCUT2D eigenvalue weighted by Crippen LogP contribution is 2.32. The molecule has 0 saturated carbocycles. The van der Waals surface area contributed by atoms with Gasteiger partial charge in [0.1, 0.15) is 22.8 Å². The number of aromatic nitrogens is 4. The summed E-state index contributed by atoms with van der Waals surface area (Å²) < 4.78 is 27.5. The summed E-state index contributed by atoms with van der Waals surface area (Å²) in [4.78, 5) is 21.1. The smallest absolute Gasteiger partial charge is 0.306 e. The lowest BCUT2D eigenvalue weighted by atomic mass is 10.1. The van der Waals surface area contributed by atoms with Crippen LogP contribution >= 0.6 is 11.6 Å². The zero-order valence-corrected chi connectivity index (χ0v) is 20.6. The number of rotatable bonds is 6. The zero-order valence-electron chi connectivity index (χ0n) is 19.9. The first-order chi connectivity index (χ1) is 16.6. The molecule has 4 aromatic rings. The van der Waals surface area contributed by atoms with Crippen LogP contribution in [0.5, 0.6) is 0 Å². The van der Waals surface area contributed by atoms with Crippen molar-refractivity contribution < 1.29 is 18.4 Å². The summed E-state index contributed by atoms with van der Waals surface area (Å²) in [6, 6.07) is 5.14. The molecule has 1 saturated heterocycles. The van der Waals surface area contributed by atoms with Gasteiger partial charge in [0.15, 0.2) is 0 Å². The fourth-order valence-corrected chi connectivity index (χ4v) is 4.20. The van der Waals surface area contributed by atoms with Gasteiger partial charge in [-0.25, -0.2) is 9.37 Å². The molecule has 4 heterocycles. The first-order valence-electron chi connectivity index (χ1n) is 11.3. The summed E-state index contributed by atoms with van der Waals surface area (Å²) in [5.41, 5.74) is 3.57. The maximum atomic E-state index is 14.8. The van der Waals surface area contributed by atoms with Crippen LogP contribution in [0.15, 0.2) is 35.1 Å². The highest BCUT2D eigenvalue weighted by Gasteiger charge is 2.27. The molecule has 0 radical (unpaired) electrons. The molecule has 1 aromatic carbocycles. The second kappa shape index (κ2) is 8.73. The molecule has 8 nitrogen and oxygen atoms in total. The Morgan fingerprint density at radius 2 is 2.06 bits per heavy atom. The van der Waals surface area contributed by atoms with Crippen molar-refractivity contribution in [1.82, 2.24) is 24.8 Å². The van der Waals surface area contributed by atoms with E-state index in [-0.39, 0.29) is 29.6 Å². The molecular formula is C25H25ClFN5O3. The Hall–Kier alpha value is -3.30. The number of carbonyl (C=O) groups is 1. The highest BCUT2D eigenvalue weighted by atomic mass is 35.5. The lowest BCUT2D eigenvalue weighted by molar-refractivity contribution is -0.154. The van der Waals surface area contributed by atoms with Crippen LogP contribution in [0.4, 0.5) is 4.39 Å². The van der Waals surface area contributed by atoms with Crippen LogP contribution in [0.2, 0.25) is 5.02 Å². The lowest BCUT2D eigenvalue weighted by Gasteiger charge is -2.19. The molecule has 1 fully saturated rings. The molecule has 0 amide bonds. The molecule has 1 aliphatic rings. The van der Waals surface area contributed by atoms with Crippen molar-refractivity contribution in [3.63, 3.8) is 0 Å². The number of esters is 1. The highest BCUT2D eigenvalue weighted by molar-refractivity contribution is 6.33. The third kappa shape index (κ3) is 5.06. The average Bonchev–Trinajstić information content (AvgIpc) is 3.33. The Labute approximate surface area is 206 Å². The van der Waals surface area contributed by atoms with E-state index in [1.807, 2.05) is 23.7 Å². The molecule has 35 heavy (non-hydrogen) atoms. The van der Waals surface area contributed by atoms with E-state index < -0.39 is 17.4 Å². The summed E-state index contributed by atoms with van der Waals surface area (Å²) in [5.74, 6) is -0.547. The predicted octanol–water partition coefficient (Wildman–Crippen LogP) is 5.07. The normalized spacial score (nSPS) is 15.5. The van der Waals surface area contributed by atoms with Gasteiger partial charge >= 0.3 is 5.97 Å². The summed E-state index contributed by atoms with van der Waals surface area (Å²) in [6.07, 6.45) is 4.02. The topological polar surface area (TPSA) is 104 Å². The van der Waals surface area contributed by atoms with Crippen molar-refractivity contribution in [2.24, 2.45) is 0 Å². The number of imidazole rings is 1. The monoisotopic (exact) mass is 497 g/mol. The van der Waals surface area contributed by atoms with E-state index >= 15 is 0 Å². The summed E-state index contributed by atoms with van der Waals surface area (Å²) in [5, 5.41) is 7.55. The van der Waals surface area contributed by atoms with E-state index in [0.29, 0.717) is 22.9 Å². The quantitative estimate of drug-likeness (QED) is 0.293. The van der Waals surface area contributed by atoms with Crippen molar-refractivity contribution >= 4 is 23.2 Å². The lowest BCUT2D eigenvalue weighted by Crippen LogP contribution is -2.24. The summed E-state index contributed by atoms with van der Waals surface area (Å²) in [7, 11) is 0. The number of nitrogens with zero attached hydrogens (tertiary/aromatic N) is 4. The van der Waals surface area contributed by atoms with Gasteiger partial charge in [0.25, 0.3) is 5.89 Å². The van der Waals surface area contributed by atoms with Gasteiger partial charge in [-0.2, -0.15) is 4.98 Å². The summed E-state index contributed by atoms with van der Waals surface area (Å²) in [6.45, 7) is 8.31. The number of hydrogen-bond acceptors (Lipinski definition) is 7. The van der Waals surface area contributed by atoms with Crippen molar-refractivity contribution in [3.8, 4) is 23.0 Å². The third-order valence-corrected chi connectivity index (χ3v) is 5.85. The van der Waals surface area contributed by atoms with Gasteiger partial charge in [0.05, 0.1) is 5.02 Å². The molecule has 3 aromatic heterocycles. The first-order valence-corrected chi connectivity index (χ1v) is 11.7. The van der Waals surface area contributed by atoms with E-state index in [2.05, 4.69) is 26.5 Å². The molecule has 0 bridgehead atoms. The van der Waals surface area contributed by atoms with Crippen LogP contribution < -0.4 is 5.32 Å². The van der Waals surface area contributed by atoms with Gasteiger partial charge in [-0.05, 0) is 63.4 Å². The molecule has 1 atom stereocenters. The molecule has 1 unspecified atom stereocenters. The second-order valence-electron chi connectivity index (χ2n) is 9.72. The Morgan fingerprint density at radius 1 is 1.29 bits per heavy atom. The van der Waals surface area contributed by atoms with E-state index in [4.69, 9.17) is 20.9 Å². The number of aryl methyl sites for hydroxylation is 2. The number of pyridine rings is 1. The maximum Gasteiger partial charge on any atom is 0.306 e. The fraction of sp³-hybridized carbons (Fsp3) is 0.360. The van der Waals surface area contributed by atoms with E-state index in [1.54, 1.807) is 20.8 Å². The van der Waals surface area contributed by atoms with Crippen molar-refractivity contribution in [3.05, 3.63) is 58.1 Å². The van der Waals surface area contributed by atoms with Crippen molar-refractivity contribution in [2.45, 2.75) is 52.2 Å². The van der Waals surface area contributed by atoms with E-state index in [9.17, 15) is 9.18 Å². The number of benzene rings is 1. The zero-order chi connectivity index (χ0) is 24.9. The van der Waals surface area contributed by atoms with Crippen molar-refractivity contribution in [1.29, 1.82) is 0 Å². The Kier molecular flexibility index (Phi) is 5.85. The molecule has 10 heteroatoms. The van der Waals surface area contributed by atoms with Gasteiger partial charge in [0, 0.05) is 42.5 Å². The van der Waals surface area contributed by atoms with Crippen LogP contribution in [0.25, 0.3) is 28.6 Å². The minimum atomic E-state index is -0.594. The van der Waals surface area contributed by atoms with E-state index in [1.165, 1.54) is 12.1 Å². The molecule has 5 rings (SSSR count). The largest absolute Gasteiger partial charge is 0.460 e. The van der Waals surface area contributed by atoms with Gasteiger partial charge in [-0.15, -0.1) is 0 Å². The van der Waals surface area contributed by atoms with Crippen LogP contribution in [-0.2, 0) is 16.0 Å². The van der Waals surface area contributed by atoms with Crippen LogP contribution in [0.1, 0.15) is 49.9 Å². The van der Waals surface area contributed by atoms with Crippen molar-refractivity contribution in [2.75, 3.05) is 6.54 Å².